The summed E-state index contributed by atoms with van der Waals surface area (Å²) >= 11 is 7.69. The fourth-order valence-electron chi connectivity index (χ4n) is 2.93. The zero-order chi connectivity index (χ0) is 16.2. The Labute approximate surface area is 145 Å². The maximum Gasteiger partial charge on any atom is 0.251 e. The number of thioether (sulfide) groups is 1. The Morgan fingerprint density at radius 3 is 3.04 bits per heavy atom. The molecule has 0 bridgehead atoms. The van der Waals surface area contributed by atoms with E-state index in [0.717, 1.165) is 31.1 Å². The van der Waals surface area contributed by atoms with Crippen molar-refractivity contribution >= 4 is 35.2 Å². The maximum atomic E-state index is 12.3. The molecule has 2 aliphatic heterocycles. The largest absolute Gasteiger partial charge is 0.352 e. The molecule has 2 saturated heterocycles. The van der Waals surface area contributed by atoms with Gasteiger partial charge in [0, 0.05) is 36.0 Å². The molecule has 1 aromatic rings. The Kier molecular flexibility index (Phi) is 5.46. The van der Waals surface area contributed by atoms with Crippen LogP contribution in [0.1, 0.15) is 16.8 Å². The van der Waals surface area contributed by atoms with Gasteiger partial charge in [0.1, 0.15) is 0 Å². The fraction of sp³-hybridized carbons (Fsp3) is 0.500. The second-order valence-electron chi connectivity index (χ2n) is 5.92. The molecular formula is C16H20ClN3O2S. The lowest BCUT2D eigenvalue weighted by atomic mass is 10.0. The Morgan fingerprint density at radius 2 is 2.30 bits per heavy atom. The van der Waals surface area contributed by atoms with E-state index in [1.807, 2.05) is 4.90 Å². The van der Waals surface area contributed by atoms with E-state index in [9.17, 15) is 9.59 Å². The van der Waals surface area contributed by atoms with Gasteiger partial charge in [0.25, 0.3) is 5.91 Å². The molecule has 2 aliphatic rings. The van der Waals surface area contributed by atoms with E-state index in [0.29, 0.717) is 17.1 Å². The lowest BCUT2D eigenvalue weighted by molar-refractivity contribution is -0.131. The van der Waals surface area contributed by atoms with Gasteiger partial charge in [-0.2, -0.15) is 0 Å². The normalized spacial score (nSPS) is 24.0. The van der Waals surface area contributed by atoms with Crippen molar-refractivity contribution in [2.45, 2.75) is 12.5 Å². The van der Waals surface area contributed by atoms with Gasteiger partial charge in [-0.1, -0.05) is 17.7 Å². The van der Waals surface area contributed by atoms with E-state index < -0.39 is 0 Å². The third-order valence-electron chi connectivity index (χ3n) is 4.22. The number of hydrogen-bond acceptors (Lipinski definition) is 4. The molecule has 0 aromatic heterocycles. The predicted molar refractivity (Wildman–Crippen MR) is 92.7 cm³/mol. The predicted octanol–water partition coefficient (Wildman–Crippen LogP) is 1.58. The van der Waals surface area contributed by atoms with Crippen LogP contribution >= 0.6 is 23.4 Å². The molecule has 5 nitrogen and oxygen atoms in total. The molecule has 7 heteroatoms. The molecule has 2 amide bonds. The highest BCUT2D eigenvalue weighted by Crippen LogP contribution is 2.20. The molecule has 124 valence electrons. The third kappa shape index (κ3) is 4.19. The minimum Gasteiger partial charge on any atom is -0.352 e. The first-order chi connectivity index (χ1) is 11.1. The number of hydrogen-bond donors (Lipinski definition) is 2. The van der Waals surface area contributed by atoms with Crippen LogP contribution in [0.25, 0.3) is 0 Å². The van der Waals surface area contributed by atoms with Crippen molar-refractivity contribution in [3.8, 4) is 0 Å². The van der Waals surface area contributed by atoms with E-state index in [1.54, 1.807) is 36.0 Å². The lowest BCUT2D eigenvalue weighted by Gasteiger charge is -2.19. The number of halogens is 1. The van der Waals surface area contributed by atoms with Gasteiger partial charge >= 0.3 is 0 Å². The zero-order valence-electron chi connectivity index (χ0n) is 12.8. The molecule has 2 N–H and O–H groups in total. The second kappa shape index (κ2) is 7.55. The van der Waals surface area contributed by atoms with Crippen LogP contribution in [0.5, 0.6) is 0 Å². The molecule has 2 fully saturated rings. The summed E-state index contributed by atoms with van der Waals surface area (Å²) in [6.45, 7) is 2.17. The van der Waals surface area contributed by atoms with E-state index in [-0.39, 0.29) is 23.8 Å². The molecule has 2 heterocycles. The molecule has 3 rings (SSSR count). The average molecular weight is 354 g/mol. The molecular weight excluding hydrogens is 334 g/mol. The summed E-state index contributed by atoms with van der Waals surface area (Å²) in [6.07, 6.45) is 0.774. The van der Waals surface area contributed by atoms with Crippen LogP contribution in [0.3, 0.4) is 0 Å². The molecule has 0 saturated carbocycles. The minimum absolute atomic E-state index is 0.109. The van der Waals surface area contributed by atoms with Gasteiger partial charge in [0.05, 0.1) is 11.9 Å². The first kappa shape index (κ1) is 16.6. The van der Waals surface area contributed by atoms with Gasteiger partial charge < -0.3 is 15.5 Å². The first-order valence-corrected chi connectivity index (χ1v) is 9.30. The van der Waals surface area contributed by atoms with Gasteiger partial charge in [0.2, 0.25) is 5.91 Å². The van der Waals surface area contributed by atoms with Crippen molar-refractivity contribution in [3.63, 3.8) is 0 Å². The van der Waals surface area contributed by atoms with Crippen molar-refractivity contribution in [3.05, 3.63) is 34.9 Å². The lowest BCUT2D eigenvalue weighted by Crippen LogP contribution is -2.42. The van der Waals surface area contributed by atoms with Crippen LogP contribution in [-0.2, 0) is 4.79 Å². The highest BCUT2D eigenvalue weighted by atomic mass is 35.5. The summed E-state index contributed by atoms with van der Waals surface area (Å²) in [7, 11) is 0. The Hall–Kier alpha value is -1.24. The molecule has 0 radical (unpaired) electrons. The minimum atomic E-state index is -0.127. The topological polar surface area (TPSA) is 61.4 Å². The Bertz CT molecular complexity index is 592. The molecule has 0 aliphatic carbocycles. The summed E-state index contributed by atoms with van der Waals surface area (Å²) < 4.78 is 0. The Balaban J connectivity index is 1.46. The average Bonchev–Trinajstić information content (AvgIpc) is 3.23. The standard InChI is InChI=1S/C16H20ClN3O2S/c17-13-3-1-2-12(7-13)15(21)19-9-11-6-14(18-8-11)16(22)20-4-5-23-10-20/h1-3,7,11,14,18H,4-6,8-10H2,(H,19,21). The van der Waals surface area contributed by atoms with Gasteiger partial charge in [-0.25, -0.2) is 0 Å². The number of benzene rings is 1. The second-order valence-corrected chi connectivity index (χ2v) is 7.43. The number of rotatable bonds is 4. The quantitative estimate of drug-likeness (QED) is 0.862. The first-order valence-electron chi connectivity index (χ1n) is 7.77. The van der Waals surface area contributed by atoms with Crippen LogP contribution in [0.2, 0.25) is 5.02 Å². The van der Waals surface area contributed by atoms with Gasteiger partial charge in [-0.05, 0) is 30.5 Å². The summed E-state index contributed by atoms with van der Waals surface area (Å²) in [5.41, 5.74) is 0.560. The van der Waals surface area contributed by atoms with E-state index in [4.69, 9.17) is 11.6 Å². The monoisotopic (exact) mass is 353 g/mol. The number of carbonyl (C=O) groups excluding carboxylic acids is 2. The SMILES string of the molecule is O=C(NCC1CNC(C(=O)N2CCSC2)C1)c1cccc(Cl)c1. The fourth-order valence-corrected chi connectivity index (χ4v) is 4.08. The van der Waals surface area contributed by atoms with Crippen molar-refractivity contribution < 1.29 is 9.59 Å². The summed E-state index contributed by atoms with van der Waals surface area (Å²) in [6, 6.07) is 6.79. The summed E-state index contributed by atoms with van der Waals surface area (Å²) in [5.74, 6) is 2.17. The van der Waals surface area contributed by atoms with E-state index in [2.05, 4.69) is 10.6 Å². The molecule has 23 heavy (non-hydrogen) atoms. The zero-order valence-corrected chi connectivity index (χ0v) is 14.3. The van der Waals surface area contributed by atoms with Crippen molar-refractivity contribution in [2.24, 2.45) is 5.92 Å². The number of carbonyl (C=O) groups is 2. The van der Waals surface area contributed by atoms with Gasteiger partial charge in [0.15, 0.2) is 0 Å². The number of nitrogens with zero attached hydrogens (tertiary/aromatic N) is 1. The van der Waals surface area contributed by atoms with Crippen molar-refractivity contribution in [1.29, 1.82) is 0 Å². The molecule has 0 spiro atoms. The molecule has 2 atom stereocenters. The highest BCUT2D eigenvalue weighted by Gasteiger charge is 2.33. The maximum absolute atomic E-state index is 12.3. The summed E-state index contributed by atoms with van der Waals surface area (Å²) in [5, 5.41) is 6.76. The van der Waals surface area contributed by atoms with Crippen LogP contribution < -0.4 is 10.6 Å². The smallest absolute Gasteiger partial charge is 0.251 e. The van der Waals surface area contributed by atoms with Crippen LogP contribution in [0.15, 0.2) is 24.3 Å². The van der Waals surface area contributed by atoms with Crippen LogP contribution in [-0.4, -0.2) is 54.0 Å². The molecule has 2 unspecified atom stereocenters. The number of nitrogens with one attached hydrogen (secondary N) is 2. The highest BCUT2D eigenvalue weighted by molar-refractivity contribution is 7.99. The van der Waals surface area contributed by atoms with E-state index in [1.165, 1.54) is 0 Å². The van der Waals surface area contributed by atoms with E-state index >= 15 is 0 Å². The Morgan fingerprint density at radius 1 is 1.43 bits per heavy atom. The summed E-state index contributed by atoms with van der Waals surface area (Å²) in [4.78, 5) is 26.4. The van der Waals surface area contributed by atoms with Crippen molar-refractivity contribution in [2.75, 3.05) is 31.3 Å². The van der Waals surface area contributed by atoms with Gasteiger partial charge in [-0.3, -0.25) is 9.59 Å². The third-order valence-corrected chi connectivity index (χ3v) is 5.42. The van der Waals surface area contributed by atoms with Crippen LogP contribution in [0.4, 0.5) is 0 Å². The van der Waals surface area contributed by atoms with Crippen LogP contribution in [0, 0.1) is 5.92 Å². The molecule has 1 aromatic carbocycles. The number of amides is 2. The van der Waals surface area contributed by atoms with Gasteiger partial charge in [-0.15, -0.1) is 11.8 Å². The van der Waals surface area contributed by atoms with Crippen molar-refractivity contribution in [1.82, 2.24) is 15.5 Å².